The zero-order valence-electron chi connectivity index (χ0n) is 10.1. The van der Waals surface area contributed by atoms with Gasteiger partial charge in [0.2, 0.25) is 0 Å². The first-order valence-electron chi connectivity index (χ1n) is 5.24. The summed E-state index contributed by atoms with van der Waals surface area (Å²) in [7, 11) is 1.24. The molecule has 8 heteroatoms. The van der Waals surface area contributed by atoms with Gasteiger partial charge in [0.05, 0.1) is 6.54 Å². The molecular weight excluding hydrogens is 266 g/mol. The van der Waals surface area contributed by atoms with Crippen LogP contribution in [0.25, 0.3) is 0 Å². The van der Waals surface area contributed by atoms with Crippen LogP contribution < -0.4 is 5.73 Å². The maximum Gasteiger partial charge on any atom is 0.401 e. The summed E-state index contributed by atoms with van der Waals surface area (Å²) in [6, 6.07) is 3.68. The molecule has 1 aromatic rings. The van der Waals surface area contributed by atoms with E-state index in [4.69, 9.17) is 10.9 Å². The van der Waals surface area contributed by atoms with E-state index in [0.717, 1.165) is 11.0 Å². The number of halogens is 4. The first kappa shape index (κ1) is 15.2. The minimum atomic E-state index is -4.33. The molecule has 4 nitrogen and oxygen atoms in total. The van der Waals surface area contributed by atoms with Gasteiger partial charge in [-0.3, -0.25) is 4.90 Å². The highest BCUT2D eigenvalue weighted by molar-refractivity contribution is 5.97. The Morgan fingerprint density at radius 3 is 2.53 bits per heavy atom. The molecule has 0 heterocycles. The molecule has 19 heavy (non-hydrogen) atoms. The fraction of sp³-hybridized carbons (Fsp3) is 0.364. The molecule has 0 aliphatic heterocycles. The van der Waals surface area contributed by atoms with E-state index in [2.05, 4.69) is 5.16 Å². The first-order chi connectivity index (χ1) is 8.73. The molecule has 0 aromatic heterocycles. The molecule has 3 N–H and O–H groups in total. The van der Waals surface area contributed by atoms with Crippen LogP contribution in [-0.4, -0.2) is 35.7 Å². The van der Waals surface area contributed by atoms with Crippen molar-refractivity contribution in [1.82, 2.24) is 4.90 Å². The van der Waals surface area contributed by atoms with E-state index >= 15 is 0 Å². The second-order valence-corrected chi connectivity index (χ2v) is 4.08. The highest BCUT2D eigenvalue weighted by Gasteiger charge is 2.29. The number of hydrogen-bond donors (Lipinski definition) is 2. The molecule has 0 spiro atoms. The van der Waals surface area contributed by atoms with E-state index in [0.29, 0.717) is 0 Å². The number of benzene rings is 1. The van der Waals surface area contributed by atoms with E-state index in [1.54, 1.807) is 0 Å². The minimum Gasteiger partial charge on any atom is -0.409 e. The Balaban J connectivity index is 2.81. The van der Waals surface area contributed by atoms with Crippen molar-refractivity contribution in [2.24, 2.45) is 10.9 Å². The lowest BCUT2D eigenvalue weighted by Gasteiger charge is -2.19. The van der Waals surface area contributed by atoms with Crippen molar-refractivity contribution >= 4 is 5.84 Å². The van der Waals surface area contributed by atoms with Gasteiger partial charge in [-0.15, -0.1) is 0 Å². The van der Waals surface area contributed by atoms with Crippen molar-refractivity contribution in [2.75, 3.05) is 13.6 Å². The van der Waals surface area contributed by atoms with Crippen molar-refractivity contribution in [3.8, 4) is 0 Å². The Morgan fingerprint density at radius 1 is 1.42 bits per heavy atom. The van der Waals surface area contributed by atoms with Crippen LogP contribution in [0.15, 0.2) is 23.4 Å². The molecule has 0 amide bonds. The number of oxime groups is 1. The van der Waals surface area contributed by atoms with Crippen molar-refractivity contribution in [2.45, 2.75) is 12.7 Å². The third-order valence-corrected chi connectivity index (χ3v) is 2.35. The smallest absolute Gasteiger partial charge is 0.401 e. The average molecular weight is 279 g/mol. The summed E-state index contributed by atoms with van der Waals surface area (Å²) in [6.45, 7) is -1.32. The number of amidine groups is 1. The van der Waals surface area contributed by atoms with E-state index in [1.165, 1.54) is 19.2 Å². The van der Waals surface area contributed by atoms with Crippen LogP contribution in [-0.2, 0) is 6.54 Å². The van der Waals surface area contributed by atoms with Crippen LogP contribution in [0.4, 0.5) is 17.6 Å². The summed E-state index contributed by atoms with van der Waals surface area (Å²) in [5, 5.41) is 11.1. The number of nitrogens with two attached hydrogens (primary N) is 1. The molecule has 0 aliphatic carbocycles. The third kappa shape index (κ3) is 4.74. The van der Waals surface area contributed by atoms with Crippen molar-refractivity contribution in [3.63, 3.8) is 0 Å². The van der Waals surface area contributed by atoms with Gasteiger partial charge in [0.15, 0.2) is 5.84 Å². The number of rotatable bonds is 4. The zero-order chi connectivity index (χ0) is 14.6. The number of alkyl halides is 3. The molecule has 1 aromatic carbocycles. The Bertz CT molecular complexity index is 473. The topological polar surface area (TPSA) is 61.8 Å². The lowest BCUT2D eigenvalue weighted by Crippen LogP contribution is -2.30. The largest absolute Gasteiger partial charge is 0.409 e. The molecule has 0 bridgehead atoms. The van der Waals surface area contributed by atoms with Gasteiger partial charge >= 0.3 is 6.18 Å². The maximum atomic E-state index is 13.6. The Kier molecular flexibility index (Phi) is 4.71. The molecule has 106 valence electrons. The standard InChI is InChI=1S/C11H13F4N3O/c1-18(6-11(13,14)15)5-8-3-2-7(4-9(8)12)10(16)17-19/h2-4,19H,5-6H2,1H3,(H2,16,17). The molecule has 0 atom stereocenters. The fourth-order valence-electron chi connectivity index (χ4n) is 1.55. The molecular formula is C11H13F4N3O. The minimum absolute atomic E-state index is 0.0984. The van der Waals surface area contributed by atoms with Gasteiger partial charge in [-0.05, 0) is 13.1 Å². The summed E-state index contributed by atoms with van der Waals surface area (Å²) in [5.74, 6) is -0.979. The predicted molar refractivity (Wildman–Crippen MR) is 61.3 cm³/mol. The SMILES string of the molecule is CN(Cc1ccc(/C(N)=N/O)cc1F)CC(F)(F)F. The summed E-state index contributed by atoms with van der Waals surface area (Å²) in [6.07, 6.45) is -4.33. The molecule has 0 unspecified atom stereocenters. The molecule has 0 radical (unpaired) electrons. The summed E-state index contributed by atoms with van der Waals surface area (Å²) < 4.78 is 50.0. The van der Waals surface area contributed by atoms with Crippen LogP contribution in [0, 0.1) is 5.82 Å². The molecule has 0 saturated carbocycles. The van der Waals surface area contributed by atoms with Gasteiger partial charge in [0.25, 0.3) is 0 Å². The van der Waals surface area contributed by atoms with E-state index in [-0.39, 0.29) is 23.5 Å². The quantitative estimate of drug-likeness (QED) is 0.291. The van der Waals surface area contributed by atoms with Crippen molar-refractivity contribution in [3.05, 3.63) is 35.1 Å². The van der Waals surface area contributed by atoms with E-state index < -0.39 is 18.5 Å². The van der Waals surface area contributed by atoms with Crippen molar-refractivity contribution < 1.29 is 22.8 Å². The summed E-state index contributed by atoms with van der Waals surface area (Å²) >= 11 is 0. The normalized spacial score (nSPS) is 13.1. The highest BCUT2D eigenvalue weighted by Crippen LogP contribution is 2.18. The second-order valence-electron chi connectivity index (χ2n) is 4.08. The lowest BCUT2D eigenvalue weighted by molar-refractivity contribution is -0.144. The fourth-order valence-corrected chi connectivity index (χ4v) is 1.55. The van der Waals surface area contributed by atoms with Crippen molar-refractivity contribution in [1.29, 1.82) is 0 Å². The lowest BCUT2D eigenvalue weighted by atomic mass is 10.1. The molecule has 0 fully saturated rings. The monoisotopic (exact) mass is 279 g/mol. The summed E-state index contributed by atoms with van der Waals surface area (Å²) in [4.78, 5) is 0.946. The predicted octanol–water partition coefficient (Wildman–Crippen LogP) is 1.91. The van der Waals surface area contributed by atoms with Crippen LogP contribution >= 0.6 is 0 Å². The van der Waals surface area contributed by atoms with Gasteiger partial charge < -0.3 is 10.9 Å². The Hall–Kier alpha value is -1.83. The average Bonchev–Trinajstić information content (AvgIpc) is 2.28. The maximum absolute atomic E-state index is 13.6. The van der Waals surface area contributed by atoms with Crippen LogP contribution in [0.5, 0.6) is 0 Å². The summed E-state index contributed by atoms with van der Waals surface area (Å²) in [5.41, 5.74) is 5.53. The van der Waals surface area contributed by atoms with Crippen LogP contribution in [0.1, 0.15) is 11.1 Å². The molecule has 0 saturated heterocycles. The van der Waals surface area contributed by atoms with Gasteiger partial charge in [-0.2, -0.15) is 13.2 Å². The Morgan fingerprint density at radius 2 is 2.05 bits per heavy atom. The van der Waals surface area contributed by atoms with Crippen LogP contribution in [0.3, 0.4) is 0 Å². The van der Waals surface area contributed by atoms with E-state index in [1.807, 2.05) is 0 Å². The zero-order valence-corrected chi connectivity index (χ0v) is 10.1. The Labute approximate surface area is 107 Å². The highest BCUT2D eigenvalue weighted by atomic mass is 19.4. The van der Waals surface area contributed by atoms with E-state index in [9.17, 15) is 17.6 Å². The van der Waals surface area contributed by atoms with Gasteiger partial charge in [-0.1, -0.05) is 17.3 Å². The second kappa shape index (κ2) is 5.87. The first-order valence-corrected chi connectivity index (χ1v) is 5.24. The van der Waals surface area contributed by atoms with Gasteiger partial charge in [0.1, 0.15) is 5.82 Å². The van der Waals surface area contributed by atoms with Crippen LogP contribution in [0.2, 0.25) is 0 Å². The third-order valence-electron chi connectivity index (χ3n) is 2.35. The number of nitrogens with zero attached hydrogens (tertiary/aromatic N) is 2. The molecule has 1 rings (SSSR count). The molecule has 0 aliphatic rings. The van der Waals surface area contributed by atoms with Gasteiger partial charge in [-0.25, -0.2) is 4.39 Å². The number of hydrogen-bond acceptors (Lipinski definition) is 3. The van der Waals surface area contributed by atoms with Gasteiger partial charge in [0, 0.05) is 17.7 Å².